The summed E-state index contributed by atoms with van der Waals surface area (Å²) >= 11 is 12.4. The Kier molecular flexibility index (Phi) is 11.2. The van der Waals surface area contributed by atoms with Crippen molar-refractivity contribution >= 4 is 50.9 Å². The van der Waals surface area contributed by atoms with E-state index in [2.05, 4.69) is 5.32 Å². The molecule has 8 nitrogen and oxygen atoms in total. The smallest absolute Gasteiger partial charge is 0.304 e. The van der Waals surface area contributed by atoms with Crippen molar-refractivity contribution in [2.45, 2.75) is 52.2 Å². The van der Waals surface area contributed by atoms with Gasteiger partial charge in [0.15, 0.2) is 0 Å². The first kappa shape index (κ1) is 30.8. The molecule has 1 N–H and O–H groups in total. The SMILES string of the molecule is CCC(C)NC(=O)C(CC)N(Cc1ccc(Cl)cc1Cl)C(=O)CN(c1ccc(F)cc1)S(=O)(=O)N(C)C. The highest BCUT2D eigenvalue weighted by Gasteiger charge is 2.34. The number of amides is 2. The van der Waals surface area contributed by atoms with Gasteiger partial charge in [-0.2, -0.15) is 12.7 Å². The summed E-state index contributed by atoms with van der Waals surface area (Å²) in [5, 5.41) is 3.61. The summed E-state index contributed by atoms with van der Waals surface area (Å²) in [7, 11) is -1.48. The van der Waals surface area contributed by atoms with Crippen molar-refractivity contribution in [3.05, 3.63) is 63.9 Å². The molecular weight excluding hydrogens is 542 g/mol. The zero-order chi connectivity index (χ0) is 27.9. The van der Waals surface area contributed by atoms with Gasteiger partial charge >= 0.3 is 10.2 Å². The van der Waals surface area contributed by atoms with E-state index in [1.807, 2.05) is 13.8 Å². The molecule has 2 aromatic carbocycles. The number of halogens is 3. The lowest BCUT2D eigenvalue weighted by molar-refractivity contribution is -0.140. The van der Waals surface area contributed by atoms with Crippen LogP contribution in [0.15, 0.2) is 42.5 Å². The Bertz CT molecular complexity index is 1200. The molecule has 37 heavy (non-hydrogen) atoms. The number of benzene rings is 2. The van der Waals surface area contributed by atoms with Gasteiger partial charge in [-0.15, -0.1) is 0 Å². The standard InChI is InChI=1S/C25H33Cl2FN4O4S/c1-6-17(3)29-25(34)23(7-2)31(15-18-8-9-19(26)14-22(18)27)24(33)16-32(37(35,36)30(4)5)21-12-10-20(28)11-13-21/h8-14,17,23H,6-7,15-16H2,1-5H3,(H,29,34). The summed E-state index contributed by atoms with van der Waals surface area (Å²) in [5.41, 5.74) is 0.642. The quantitative estimate of drug-likeness (QED) is 0.405. The zero-order valence-electron chi connectivity index (χ0n) is 21.5. The molecule has 2 rings (SSSR count). The second-order valence-corrected chi connectivity index (χ2v) is 11.7. The fourth-order valence-electron chi connectivity index (χ4n) is 3.52. The molecule has 0 heterocycles. The molecule has 0 saturated carbocycles. The first-order valence-corrected chi connectivity index (χ1v) is 14.0. The number of nitrogens with zero attached hydrogens (tertiary/aromatic N) is 3. The van der Waals surface area contributed by atoms with E-state index in [0.717, 1.165) is 20.7 Å². The lowest BCUT2D eigenvalue weighted by atomic mass is 10.1. The van der Waals surface area contributed by atoms with E-state index in [0.29, 0.717) is 22.0 Å². The van der Waals surface area contributed by atoms with Crippen molar-refractivity contribution < 1.29 is 22.4 Å². The van der Waals surface area contributed by atoms with Gasteiger partial charge in [0.1, 0.15) is 18.4 Å². The molecule has 0 spiro atoms. The Morgan fingerprint density at radius 3 is 2.16 bits per heavy atom. The summed E-state index contributed by atoms with van der Waals surface area (Å²) in [5.74, 6) is -1.55. The Hall–Kier alpha value is -2.40. The summed E-state index contributed by atoms with van der Waals surface area (Å²) in [6.07, 6.45) is 0.967. The van der Waals surface area contributed by atoms with Crippen molar-refractivity contribution in [2.24, 2.45) is 0 Å². The molecule has 0 aliphatic heterocycles. The number of hydrogen-bond acceptors (Lipinski definition) is 4. The van der Waals surface area contributed by atoms with Gasteiger partial charge in [0.05, 0.1) is 5.69 Å². The third-order valence-corrected chi connectivity index (χ3v) is 8.28. The molecule has 0 aliphatic rings. The third-order valence-electron chi connectivity index (χ3n) is 5.88. The van der Waals surface area contributed by atoms with Crippen molar-refractivity contribution in [3.8, 4) is 0 Å². The van der Waals surface area contributed by atoms with E-state index < -0.39 is 34.5 Å². The van der Waals surface area contributed by atoms with E-state index >= 15 is 0 Å². The average Bonchev–Trinajstić information content (AvgIpc) is 2.83. The molecule has 0 aromatic heterocycles. The monoisotopic (exact) mass is 574 g/mol. The van der Waals surface area contributed by atoms with Crippen molar-refractivity contribution in [1.29, 1.82) is 0 Å². The highest BCUT2D eigenvalue weighted by Crippen LogP contribution is 2.25. The van der Waals surface area contributed by atoms with Crippen LogP contribution in [0.25, 0.3) is 0 Å². The number of hydrogen-bond donors (Lipinski definition) is 1. The number of nitrogens with one attached hydrogen (secondary N) is 1. The summed E-state index contributed by atoms with van der Waals surface area (Å²) in [6.45, 7) is 4.87. The van der Waals surface area contributed by atoms with Crippen LogP contribution in [0.2, 0.25) is 10.0 Å². The van der Waals surface area contributed by atoms with Crippen molar-refractivity contribution in [3.63, 3.8) is 0 Å². The lowest BCUT2D eigenvalue weighted by Gasteiger charge is -2.34. The molecule has 2 unspecified atom stereocenters. The number of rotatable bonds is 12. The van der Waals surface area contributed by atoms with E-state index in [9.17, 15) is 22.4 Å². The highest BCUT2D eigenvalue weighted by molar-refractivity contribution is 7.90. The van der Waals surface area contributed by atoms with E-state index in [1.165, 1.54) is 37.2 Å². The van der Waals surface area contributed by atoms with Gasteiger partial charge in [-0.05, 0) is 61.7 Å². The van der Waals surface area contributed by atoms with Crippen LogP contribution in [0.4, 0.5) is 10.1 Å². The minimum atomic E-state index is -4.14. The molecule has 0 saturated heterocycles. The molecule has 2 atom stereocenters. The normalized spacial score (nSPS) is 13.2. The maximum Gasteiger partial charge on any atom is 0.304 e. The van der Waals surface area contributed by atoms with Crippen molar-refractivity contribution in [2.75, 3.05) is 24.9 Å². The molecule has 12 heteroatoms. The van der Waals surface area contributed by atoms with Gasteiger partial charge in [-0.1, -0.05) is 43.1 Å². The molecule has 0 radical (unpaired) electrons. The number of anilines is 1. The summed E-state index contributed by atoms with van der Waals surface area (Å²) < 4.78 is 41.7. The molecule has 0 fully saturated rings. The topological polar surface area (TPSA) is 90.0 Å². The molecule has 0 bridgehead atoms. The molecule has 2 amide bonds. The first-order chi connectivity index (χ1) is 17.3. The minimum Gasteiger partial charge on any atom is -0.352 e. The van der Waals surface area contributed by atoms with Crippen LogP contribution in [0.5, 0.6) is 0 Å². The van der Waals surface area contributed by atoms with E-state index in [1.54, 1.807) is 19.1 Å². The minimum absolute atomic E-state index is 0.0550. The largest absolute Gasteiger partial charge is 0.352 e. The molecular formula is C25H33Cl2FN4O4S. The Labute approximate surface area is 228 Å². The predicted molar refractivity (Wildman–Crippen MR) is 145 cm³/mol. The van der Waals surface area contributed by atoms with Crippen LogP contribution >= 0.6 is 23.2 Å². The lowest BCUT2D eigenvalue weighted by Crippen LogP contribution is -2.54. The second-order valence-electron chi connectivity index (χ2n) is 8.77. The predicted octanol–water partition coefficient (Wildman–Crippen LogP) is 4.47. The number of carbonyl (C=O) groups excluding carboxylic acids is 2. The summed E-state index contributed by atoms with van der Waals surface area (Å²) in [4.78, 5) is 28.3. The van der Waals surface area contributed by atoms with Crippen LogP contribution < -0.4 is 9.62 Å². The van der Waals surface area contributed by atoms with Crippen LogP contribution in [0, 0.1) is 5.82 Å². The van der Waals surface area contributed by atoms with Crippen LogP contribution in [-0.2, 0) is 26.3 Å². The molecule has 0 aliphatic carbocycles. The number of carbonyl (C=O) groups is 2. The maximum atomic E-state index is 13.8. The summed E-state index contributed by atoms with van der Waals surface area (Å²) in [6, 6.07) is 8.55. The average molecular weight is 576 g/mol. The van der Waals surface area contributed by atoms with Crippen molar-refractivity contribution in [1.82, 2.24) is 14.5 Å². The highest BCUT2D eigenvalue weighted by atomic mass is 35.5. The first-order valence-electron chi connectivity index (χ1n) is 11.8. The maximum absolute atomic E-state index is 13.8. The third kappa shape index (κ3) is 8.04. The van der Waals surface area contributed by atoms with Gasteiger partial charge in [-0.3, -0.25) is 9.59 Å². The Morgan fingerprint density at radius 1 is 1.03 bits per heavy atom. The van der Waals surface area contributed by atoms with Gasteiger partial charge < -0.3 is 10.2 Å². The van der Waals surface area contributed by atoms with Gasteiger partial charge in [-0.25, -0.2) is 8.70 Å². The van der Waals surface area contributed by atoms with E-state index in [4.69, 9.17) is 23.2 Å². The Balaban J connectivity index is 2.53. The molecule has 204 valence electrons. The van der Waals surface area contributed by atoms with Gasteiger partial charge in [0.2, 0.25) is 11.8 Å². The Morgan fingerprint density at radius 2 is 1.65 bits per heavy atom. The fraction of sp³-hybridized carbons (Fsp3) is 0.440. The zero-order valence-corrected chi connectivity index (χ0v) is 23.9. The van der Waals surface area contributed by atoms with Gasteiger partial charge in [0.25, 0.3) is 0 Å². The second kappa shape index (κ2) is 13.4. The van der Waals surface area contributed by atoms with Crippen LogP contribution in [0.1, 0.15) is 39.2 Å². The molecule has 2 aromatic rings. The van der Waals surface area contributed by atoms with E-state index in [-0.39, 0.29) is 30.6 Å². The van der Waals surface area contributed by atoms with Gasteiger partial charge in [0, 0.05) is 36.7 Å². The van der Waals surface area contributed by atoms with Crippen LogP contribution in [0.3, 0.4) is 0 Å². The fourth-order valence-corrected chi connectivity index (χ4v) is 5.04. The van der Waals surface area contributed by atoms with Crippen LogP contribution in [-0.4, -0.2) is 62.2 Å².